The molecule has 4 amide bonds. The Bertz CT molecular complexity index is 1410. The van der Waals surface area contributed by atoms with E-state index in [1.54, 1.807) is 16.7 Å². The zero-order chi connectivity index (χ0) is 34.2. The number of ether oxygens (including phenoxy) is 1. The zero-order valence-corrected chi connectivity index (χ0v) is 28.8. The molecule has 0 saturated carbocycles. The molecule has 1 heterocycles. The van der Waals surface area contributed by atoms with Crippen molar-refractivity contribution < 1.29 is 23.9 Å². The Labute approximate surface area is 280 Å². The maximum Gasteiger partial charge on any atom is 0.251 e. The molecule has 0 bridgehead atoms. The molecular formula is C38H52N4O5. The van der Waals surface area contributed by atoms with Gasteiger partial charge in [0.15, 0.2) is 0 Å². The Kier molecular flexibility index (Phi) is 15.5. The van der Waals surface area contributed by atoms with Crippen LogP contribution < -0.4 is 15.5 Å². The van der Waals surface area contributed by atoms with Gasteiger partial charge in [-0.3, -0.25) is 19.2 Å². The van der Waals surface area contributed by atoms with Crippen LogP contribution in [0.4, 0.5) is 5.69 Å². The van der Waals surface area contributed by atoms with Crippen LogP contribution in [0.1, 0.15) is 89.8 Å². The number of benzene rings is 2. The third kappa shape index (κ3) is 12.9. The highest BCUT2D eigenvalue weighted by molar-refractivity contribution is 5.95. The van der Waals surface area contributed by atoms with Gasteiger partial charge in [0.25, 0.3) is 5.91 Å². The van der Waals surface area contributed by atoms with E-state index in [1.807, 2.05) is 48.5 Å². The number of hydrogen-bond acceptors (Lipinski definition) is 5. The summed E-state index contributed by atoms with van der Waals surface area (Å²) in [5.41, 5.74) is 3.54. The van der Waals surface area contributed by atoms with Crippen molar-refractivity contribution in [2.75, 3.05) is 37.7 Å². The standard InChI is InChI=1S/C38H52N4O5/c1-28(2)20-24-41(38(46)30(5)47-25-21-29(3)4)27-36(44)40-23-22-39-35(43)16-10-11-17-37(45)42-26-33-14-7-6-12-31(33)18-19-32-13-8-9-15-34(32)42/h6-9,12-15,28-30H,10-11,16-17,20-27H2,1-5H3,(H,39,43)(H,40,44). The third-order valence-corrected chi connectivity index (χ3v) is 8.02. The molecule has 0 spiro atoms. The van der Waals surface area contributed by atoms with Crippen molar-refractivity contribution in [3.8, 4) is 11.8 Å². The van der Waals surface area contributed by atoms with Crippen LogP contribution >= 0.6 is 0 Å². The number of hydrogen-bond donors (Lipinski definition) is 2. The molecule has 2 N–H and O–H groups in total. The summed E-state index contributed by atoms with van der Waals surface area (Å²) in [5.74, 6) is 6.72. The highest BCUT2D eigenvalue weighted by Crippen LogP contribution is 2.26. The van der Waals surface area contributed by atoms with Crippen LogP contribution in [-0.4, -0.2) is 67.4 Å². The van der Waals surface area contributed by atoms with Crippen molar-refractivity contribution in [3.63, 3.8) is 0 Å². The van der Waals surface area contributed by atoms with E-state index in [0.29, 0.717) is 50.8 Å². The summed E-state index contributed by atoms with van der Waals surface area (Å²) in [6.45, 7) is 12.0. The fraction of sp³-hybridized carbons (Fsp3) is 0.526. The van der Waals surface area contributed by atoms with E-state index in [9.17, 15) is 19.2 Å². The molecule has 0 saturated heterocycles. The van der Waals surface area contributed by atoms with E-state index >= 15 is 0 Å². The van der Waals surface area contributed by atoms with E-state index in [4.69, 9.17) is 4.74 Å². The number of nitrogens with one attached hydrogen (secondary N) is 2. The molecule has 0 fully saturated rings. The Morgan fingerprint density at radius 3 is 2.15 bits per heavy atom. The van der Waals surface area contributed by atoms with Crippen molar-refractivity contribution in [3.05, 3.63) is 65.2 Å². The maximum atomic E-state index is 13.4. The van der Waals surface area contributed by atoms with Gasteiger partial charge in [0, 0.05) is 50.2 Å². The monoisotopic (exact) mass is 644 g/mol. The summed E-state index contributed by atoms with van der Waals surface area (Å²) in [4.78, 5) is 54.8. The molecule has 254 valence electrons. The minimum Gasteiger partial charge on any atom is -0.369 e. The highest BCUT2D eigenvalue weighted by atomic mass is 16.5. The molecule has 47 heavy (non-hydrogen) atoms. The van der Waals surface area contributed by atoms with Crippen LogP contribution in [-0.2, 0) is 30.5 Å². The minimum atomic E-state index is -0.612. The van der Waals surface area contributed by atoms with E-state index in [2.05, 4.69) is 50.2 Å². The van der Waals surface area contributed by atoms with Crippen molar-refractivity contribution in [1.29, 1.82) is 0 Å². The van der Waals surface area contributed by atoms with E-state index < -0.39 is 6.10 Å². The van der Waals surface area contributed by atoms with Gasteiger partial charge in [-0.25, -0.2) is 0 Å². The number of fused-ring (bicyclic) bond motifs is 2. The summed E-state index contributed by atoms with van der Waals surface area (Å²) in [5, 5.41) is 5.63. The first-order chi connectivity index (χ1) is 22.5. The normalized spacial score (nSPS) is 12.6. The average Bonchev–Trinajstić information content (AvgIpc) is 3.03. The second kappa shape index (κ2) is 19.5. The number of carbonyl (C=O) groups is 4. The number of unbranched alkanes of at least 4 members (excludes halogenated alkanes) is 1. The molecule has 0 aliphatic carbocycles. The summed E-state index contributed by atoms with van der Waals surface area (Å²) in [6.07, 6.45) is 2.80. The van der Waals surface area contributed by atoms with Gasteiger partial charge in [0.1, 0.15) is 6.10 Å². The number of para-hydroxylation sites is 1. The largest absolute Gasteiger partial charge is 0.369 e. The van der Waals surface area contributed by atoms with Crippen LogP contribution in [0.25, 0.3) is 0 Å². The highest BCUT2D eigenvalue weighted by Gasteiger charge is 2.24. The quantitative estimate of drug-likeness (QED) is 0.175. The van der Waals surface area contributed by atoms with Gasteiger partial charge in [-0.05, 0) is 68.2 Å². The smallest absolute Gasteiger partial charge is 0.251 e. The van der Waals surface area contributed by atoms with Gasteiger partial charge in [-0.15, -0.1) is 0 Å². The molecule has 9 heteroatoms. The lowest BCUT2D eigenvalue weighted by atomic mass is 10.0. The molecule has 3 rings (SSSR count). The summed E-state index contributed by atoms with van der Waals surface area (Å²) in [6, 6.07) is 15.6. The summed E-state index contributed by atoms with van der Waals surface area (Å²) < 4.78 is 5.73. The Balaban J connectivity index is 1.38. The number of carbonyl (C=O) groups excluding carboxylic acids is 4. The SMILES string of the molecule is CC(C)CCOC(C)C(=O)N(CCC(C)C)CC(=O)NCCNC(=O)CCCCC(=O)N1Cc2ccccc2C#Cc2ccccc21. The van der Waals surface area contributed by atoms with Gasteiger partial charge >= 0.3 is 0 Å². The van der Waals surface area contributed by atoms with E-state index in [-0.39, 0.29) is 49.7 Å². The first kappa shape index (κ1) is 37.3. The number of nitrogens with zero attached hydrogens (tertiary/aromatic N) is 2. The Morgan fingerprint density at radius 1 is 0.809 bits per heavy atom. The number of rotatable bonds is 18. The van der Waals surface area contributed by atoms with E-state index in [1.165, 1.54) is 0 Å². The van der Waals surface area contributed by atoms with Crippen molar-refractivity contribution in [2.24, 2.45) is 11.8 Å². The average molecular weight is 645 g/mol. The van der Waals surface area contributed by atoms with Gasteiger partial charge in [0.05, 0.1) is 18.8 Å². The maximum absolute atomic E-state index is 13.4. The van der Waals surface area contributed by atoms with Crippen LogP contribution in [0, 0.1) is 23.7 Å². The summed E-state index contributed by atoms with van der Waals surface area (Å²) in [7, 11) is 0. The van der Waals surface area contributed by atoms with Crippen molar-refractivity contribution in [1.82, 2.24) is 15.5 Å². The van der Waals surface area contributed by atoms with Crippen molar-refractivity contribution >= 4 is 29.3 Å². The fourth-order valence-electron chi connectivity index (χ4n) is 5.12. The molecule has 1 aliphatic heterocycles. The molecule has 1 atom stereocenters. The molecule has 2 aromatic carbocycles. The Hall–Kier alpha value is -4.16. The minimum absolute atomic E-state index is 0.00323. The lowest BCUT2D eigenvalue weighted by molar-refractivity contribution is -0.145. The van der Waals surface area contributed by atoms with Crippen LogP contribution in [0.15, 0.2) is 48.5 Å². The molecule has 1 unspecified atom stereocenters. The molecule has 9 nitrogen and oxygen atoms in total. The van der Waals surface area contributed by atoms with Crippen molar-refractivity contribution in [2.45, 2.75) is 85.8 Å². The fourth-order valence-corrected chi connectivity index (χ4v) is 5.12. The molecular weight excluding hydrogens is 592 g/mol. The second-order valence-corrected chi connectivity index (χ2v) is 12.9. The topological polar surface area (TPSA) is 108 Å². The number of anilines is 1. The van der Waals surface area contributed by atoms with Gasteiger partial charge < -0.3 is 25.2 Å². The first-order valence-electron chi connectivity index (χ1n) is 17.0. The molecule has 0 aromatic heterocycles. The van der Waals surface area contributed by atoms with Crippen LogP contribution in [0.5, 0.6) is 0 Å². The van der Waals surface area contributed by atoms with Gasteiger partial charge in [-0.1, -0.05) is 69.9 Å². The predicted molar refractivity (Wildman–Crippen MR) is 185 cm³/mol. The number of amides is 4. The van der Waals surface area contributed by atoms with Crippen LogP contribution in [0.2, 0.25) is 0 Å². The van der Waals surface area contributed by atoms with Gasteiger partial charge in [-0.2, -0.15) is 0 Å². The zero-order valence-electron chi connectivity index (χ0n) is 28.8. The third-order valence-electron chi connectivity index (χ3n) is 8.02. The Morgan fingerprint density at radius 2 is 1.43 bits per heavy atom. The molecule has 1 aliphatic rings. The molecule has 0 radical (unpaired) electrons. The predicted octanol–water partition coefficient (Wildman–Crippen LogP) is 5.05. The van der Waals surface area contributed by atoms with E-state index in [0.717, 1.165) is 35.2 Å². The lowest BCUT2D eigenvalue weighted by Gasteiger charge is -2.26. The molecule has 2 aromatic rings. The first-order valence-corrected chi connectivity index (χ1v) is 17.0. The van der Waals surface area contributed by atoms with Gasteiger partial charge in [0.2, 0.25) is 17.7 Å². The second-order valence-electron chi connectivity index (χ2n) is 12.9. The summed E-state index contributed by atoms with van der Waals surface area (Å²) >= 11 is 0. The lowest BCUT2D eigenvalue weighted by Crippen LogP contribution is -2.46. The van der Waals surface area contributed by atoms with Crippen LogP contribution in [0.3, 0.4) is 0 Å².